The molecule has 1 unspecified atom stereocenters. The molecule has 8 nitrogen and oxygen atoms in total. The van der Waals surface area contributed by atoms with Gasteiger partial charge in [0, 0.05) is 49.7 Å². The lowest BCUT2D eigenvalue weighted by atomic mass is 10.1. The van der Waals surface area contributed by atoms with Crippen LogP contribution in [-0.2, 0) is 6.54 Å². The fourth-order valence-electron chi connectivity index (χ4n) is 4.12. The Bertz CT molecular complexity index is 1240. The molecule has 0 saturated carbocycles. The van der Waals surface area contributed by atoms with E-state index in [2.05, 4.69) is 15.2 Å². The Morgan fingerprint density at radius 3 is 2.76 bits per heavy atom. The van der Waals surface area contributed by atoms with Crippen LogP contribution in [0.1, 0.15) is 23.2 Å². The number of anilines is 1. The Hall–Kier alpha value is -3.78. The van der Waals surface area contributed by atoms with Gasteiger partial charge in [0.1, 0.15) is 5.69 Å². The maximum absolute atomic E-state index is 12.7. The van der Waals surface area contributed by atoms with E-state index in [9.17, 15) is 9.90 Å². The highest BCUT2D eigenvalue weighted by atomic mass is 16.3. The van der Waals surface area contributed by atoms with Gasteiger partial charge in [-0.1, -0.05) is 30.3 Å². The Morgan fingerprint density at radius 2 is 2.00 bits per heavy atom. The Kier molecular flexibility index (Phi) is 5.99. The molecule has 2 N–H and O–H groups in total. The molecule has 33 heavy (non-hydrogen) atoms. The third-order valence-corrected chi connectivity index (χ3v) is 5.86. The maximum atomic E-state index is 12.7. The number of hydrogen-bond donors (Lipinski definition) is 2. The normalized spacial score (nSPS) is 15.8. The number of hydrogen-bond acceptors (Lipinski definition) is 6. The first-order valence-corrected chi connectivity index (χ1v) is 11.2. The number of imidazole rings is 1. The second kappa shape index (κ2) is 9.38. The molecule has 1 fully saturated rings. The molecule has 0 bridgehead atoms. The van der Waals surface area contributed by atoms with Gasteiger partial charge in [0.05, 0.1) is 23.5 Å². The minimum Gasteiger partial charge on any atom is -0.391 e. The van der Waals surface area contributed by atoms with Crippen LogP contribution in [-0.4, -0.2) is 56.3 Å². The highest BCUT2D eigenvalue weighted by Crippen LogP contribution is 2.31. The van der Waals surface area contributed by atoms with Crippen molar-refractivity contribution in [3.05, 3.63) is 72.8 Å². The number of aliphatic hydroxyl groups excluding tert-OH is 1. The van der Waals surface area contributed by atoms with E-state index in [0.717, 1.165) is 42.1 Å². The number of rotatable bonds is 7. The first kappa shape index (κ1) is 21.1. The zero-order valence-electron chi connectivity index (χ0n) is 18.3. The molecule has 3 heterocycles. The number of β-amino-alcohol motifs (C(OH)–C–C–N with tert-alkyl or cyclic N) is 1. The Morgan fingerprint density at radius 1 is 1.12 bits per heavy atom. The van der Waals surface area contributed by atoms with E-state index < -0.39 is 0 Å². The Labute approximate surface area is 191 Å². The van der Waals surface area contributed by atoms with Crippen molar-refractivity contribution >= 4 is 22.8 Å². The van der Waals surface area contributed by atoms with E-state index in [1.807, 2.05) is 47.2 Å². The number of carbonyl (C=O) groups excluding carboxylic acids is 1. The SMILES string of the molecule is O=C(NCCCn1ccnc1)c1ccc2nc(-c3ccccc3)c(N3CCC(O)C3)nc2c1. The van der Waals surface area contributed by atoms with E-state index in [1.54, 1.807) is 24.7 Å². The van der Waals surface area contributed by atoms with Gasteiger partial charge in [-0.05, 0) is 31.0 Å². The summed E-state index contributed by atoms with van der Waals surface area (Å²) < 4.78 is 1.99. The van der Waals surface area contributed by atoms with Gasteiger partial charge in [-0.25, -0.2) is 15.0 Å². The van der Waals surface area contributed by atoms with Gasteiger partial charge in [0.25, 0.3) is 5.91 Å². The standard InChI is InChI=1S/C25H26N6O2/c32-20-9-13-31(16-20)24-23(18-5-2-1-3-6-18)28-21-8-7-19(15-22(21)29-24)25(33)27-10-4-12-30-14-11-26-17-30/h1-3,5-8,11,14-15,17,20,32H,4,9-10,12-13,16H2,(H,27,33). The van der Waals surface area contributed by atoms with E-state index in [0.29, 0.717) is 30.6 Å². The van der Waals surface area contributed by atoms with E-state index in [4.69, 9.17) is 9.97 Å². The predicted octanol–water partition coefficient (Wildman–Crippen LogP) is 2.88. The fraction of sp³-hybridized carbons (Fsp3) is 0.280. The molecule has 1 aliphatic rings. The van der Waals surface area contributed by atoms with Crippen molar-refractivity contribution in [1.82, 2.24) is 24.8 Å². The summed E-state index contributed by atoms with van der Waals surface area (Å²) in [6.45, 7) is 2.62. The molecule has 8 heteroatoms. The molecule has 0 radical (unpaired) electrons. The number of aliphatic hydroxyl groups is 1. The molecule has 4 aromatic rings. The summed E-state index contributed by atoms with van der Waals surface area (Å²) in [5, 5.41) is 13.0. The van der Waals surface area contributed by atoms with Crippen LogP contribution in [0.25, 0.3) is 22.3 Å². The zero-order chi connectivity index (χ0) is 22.6. The lowest BCUT2D eigenvalue weighted by Crippen LogP contribution is -2.25. The van der Waals surface area contributed by atoms with E-state index in [-0.39, 0.29) is 12.0 Å². The molecule has 1 aliphatic heterocycles. The molecule has 2 aromatic heterocycles. The molecular weight excluding hydrogens is 416 g/mol. The first-order chi connectivity index (χ1) is 16.2. The van der Waals surface area contributed by atoms with E-state index >= 15 is 0 Å². The van der Waals surface area contributed by atoms with Gasteiger partial charge in [0.2, 0.25) is 0 Å². The summed E-state index contributed by atoms with van der Waals surface area (Å²) >= 11 is 0. The van der Waals surface area contributed by atoms with Crippen LogP contribution in [0.5, 0.6) is 0 Å². The van der Waals surface area contributed by atoms with Gasteiger partial charge in [0.15, 0.2) is 5.82 Å². The van der Waals surface area contributed by atoms with Crippen molar-refractivity contribution in [2.45, 2.75) is 25.5 Å². The molecule has 1 amide bonds. The van der Waals surface area contributed by atoms with Crippen LogP contribution in [0.4, 0.5) is 5.82 Å². The van der Waals surface area contributed by atoms with Crippen molar-refractivity contribution in [3.8, 4) is 11.3 Å². The minimum absolute atomic E-state index is 0.130. The number of amides is 1. The average Bonchev–Trinajstić information content (AvgIpc) is 3.53. The summed E-state index contributed by atoms with van der Waals surface area (Å²) in [6.07, 6.45) is 6.57. The van der Waals surface area contributed by atoms with Crippen LogP contribution >= 0.6 is 0 Å². The highest BCUT2D eigenvalue weighted by molar-refractivity contribution is 5.97. The van der Waals surface area contributed by atoms with Crippen LogP contribution in [0.15, 0.2) is 67.3 Å². The zero-order valence-corrected chi connectivity index (χ0v) is 18.3. The summed E-state index contributed by atoms with van der Waals surface area (Å²) in [4.78, 5) is 28.6. The number of benzene rings is 2. The van der Waals surface area contributed by atoms with Gasteiger partial charge < -0.3 is 19.9 Å². The Balaban J connectivity index is 1.39. The number of aromatic nitrogens is 4. The summed E-state index contributed by atoms with van der Waals surface area (Å²) in [5.41, 5.74) is 3.71. The second-order valence-electron chi connectivity index (χ2n) is 8.26. The van der Waals surface area contributed by atoms with Crippen molar-refractivity contribution in [3.63, 3.8) is 0 Å². The van der Waals surface area contributed by atoms with Crippen molar-refractivity contribution in [2.24, 2.45) is 0 Å². The number of carbonyl (C=O) groups is 1. The highest BCUT2D eigenvalue weighted by Gasteiger charge is 2.25. The minimum atomic E-state index is -0.370. The van der Waals surface area contributed by atoms with Crippen LogP contribution < -0.4 is 10.2 Å². The first-order valence-electron chi connectivity index (χ1n) is 11.2. The maximum Gasteiger partial charge on any atom is 0.251 e. The number of nitrogens with one attached hydrogen (secondary N) is 1. The average molecular weight is 443 g/mol. The molecule has 0 spiro atoms. The van der Waals surface area contributed by atoms with Crippen LogP contribution in [0.2, 0.25) is 0 Å². The second-order valence-corrected chi connectivity index (χ2v) is 8.26. The smallest absolute Gasteiger partial charge is 0.251 e. The largest absolute Gasteiger partial charge is 0.391 e. The number of fused-ring (bicyclic) bond motifs is 1. The van der Waals surface area contributed by atoms with Gasteiger partial charge >= 0.3 is 0 Å². The number of aryl methyl sites for hydroxylation is 1. The van der Waals surface area contributed by atoms with Crippen molar-refractivity contribution < 1.29 is 9.90 Å². The topological polar surface area (TPSA) is 96.2 Å². The molecular formula is C25H26N6O2. The monoisotopic (exact) mass is 442 g/mol. The quantitative estimate of drug-likeness (QED) is 0.427. The van der Waals surface area contributed by atoms with Gasteiger partial charge in [-0.15, -0.1) is 0 Å². The van der Waals surface area contributed by atoms with Gasteiger partial charge in [-0.3, -0.25) is 4.79 Å². The molecule has 2 aromatic carbocycles. The predicted molar refractivity (Wildman–Crippen MR) is 127 cm³/mol. The molecule has 0 aliphatic carbocycles. The van der Waals surface area contributed by atoms with Gasteiger partial charge in [-0.2, -0.15) is 0 Å². The lowest BCUT2D eigenvalue weighted by molar-refractivity contribution is 0.0953. The molecule has 1 atom stereocenters. The van der Waals surface area contributed by atoms with Crippen molar-refractivity contribution in [1.29, 1.82) is 0 Å². The molecule has 168 valence electrons. The summed E-state index contributed by atoms with van der Waals surface area (Å²) in [7, 11) is 0. The fourth-order valence-corrected chi connectivity index (χ4v) is 4.12. The van der Waals surface area contributed by atoms with Crippen molar-refractivity contribution in [2.75, 3.05) is 24.5 Å². The lowest BCUT2D eigenvalue weighted by Gasteiger charge is -2.20. The number of nitrogens with zero attached hydrogens (tertiary/aromatic N) is 5. The molecule has 5 rings (SSSR count). The molecule has 1 saturated heterocycles. The summed E-state index contributed by atoms with van der Waals surface area (Å²) in [6, 6.07) is 15.4. The van der Waals surface area contributed by atoms with Crippen LogP contribution in [0, 0.1) is 0 Å². The third-order valence-electron chi connectivity index (χ3n) is 5.86. The summed E-state index contributed by atoms with van der Waals surface area (Å²) in [5.74, 6) is 0.609. The van der Waals surface area contributed by atoms with E-state index in [1.165, 1.54) is 0 Å². The van der Waals surface area contributed by atoms with Crippen LogP contribution in [0.3, 0.4) is 0 Å². The third kappa shape index (κ3) is 4.70.